The maximum Gasteiger partial charge on any atom is 0.309 e. The van der Waals surface area contributed by atoms with Gasteiger partial charge in [0.2, 0.25) is 0 Å². The van der Waals surface area contributed by atoms with Crippen molar-refractivity contribution in [1.82, 2.24) is 4.98 Å². The molecule has 1 aromatic carbocycles. The average molecular weight is 294 g/mol. The lowest BCUT2D eigenvalue weighted by atomic mass is 10.1. The molecule has 0 amide bonds. The van der Waals surface area contributed by atoms with E-state index in [4.69, 9.17) is 15.2 Å². The Balaban J connectivity index is 1.96. The summed E-state index contributed by atoms with van der Waals surface area (Å²) >= 11 is 1.37. The van der Waals surface area contributed by atoms with Gasteiger partial charge >= 0.3 is 5.97 Å². The third-order valence-corrected chi connectivity index (χ3v) is 4.01. The van der Waals surface area contributed by atoms with Crippen molar-refractivity contribution in [3.63, 3.8) is 0 Å². The van der Waals surface area contributed by atoms with Gasteiger partial charge in [-0.15, -0.1) is 0 Å². The fraction of sp³-hybridized carbons (Fsp3) is 0.385. The van der Waals surface area contributed by atoms with Gasteiger partial charge in [0.1, 0.15) is 17.4 Å². The molecule has 2 heterocycles. The largest absolute Gasteiger partial charge is 0.484 e. The van der Waals surface area contributed by atoms with Crippen LogP contribution in [0.3, 0.4) is 0 Å². The molecule has 0 bridgehead atoms. The zero-order chi connectivity index (χ0) is 14.3. The number of carbonyl (C=O) groups is 1. The lowest BCUT2D eigenvalue weighted by molar-refractivity contribution is -0.143. The second kappa shape index (κ2) is 4.82. The van der Waals surface area contributed by atoms with Crippen LogP contribution >= 0.6 is 11.3 Å². The van der Waals surface area contributed by atoms with Crippen molar-refractivity contribution in [1.29, 1.82) is 0 Å². The molecule has 0 radical (unpaired) electrons. The fourth-order valence-corrected chi connectivity index (χ4v) is 3.09. The van der Waals surface area contributed by atoms with Crippen LogP contribution < -0.4 is 15.2 Å². The Labute approximate surface area is 119 Å². The van der Waals surface area contributed by atoms with E-state index in [1.165, 1.54) is 18.4 Å². The van der Waals surface area contributed by atoms with E-state index in [1.807, 2.05) is 13.0 Å². The van der Waals surface area contributed by atoms with Crippen LogP contribution in [0.2, 0.25) is 0 Å². The summed E-state index contributed by atoms with van der Waals surface area (Å²) in [6.45, 7) is 2.24. The van der Waals surface area contributed by atoms with Gasteiger partial charge < -0.3 is 19.9 Å². The first-order valence-corrected chi connectivity index (χ1v) is 6.96. The van der Waals surface area contributed by atoms with Crippen molar-refractivity contribution in [3.8, 4) is 11.5 Å². The number of benzene rings is 1. The number of esters is 1. The molecule has 106 valence electrons. The van der Waals surface area contributed by atoms with Gasteiger partial charge in [-0.1, -0.05) is 11.3 Å². The zero-order valence-corrected chi connectivity index (χ0v) is 12.0. The number of hydrogen-bond acceptors (Lipinski definition) is 7. The maximum atomic E-state index is 11.3. The third-order valence-electron chi connectivity index (χ3n) is 3.12. The molecule has 1 atom stereocenters. The molecule has 0 saturated carbocycles. The Morgan fingerprint density at radius 2 is 2.45 bits per heavy atom. The number of nitrogen functional groups attached to an aromatic ring is 1. The SMILES string of the molecule is COC(=O)CC1COc2c(cc(C)c3nc(N)sc23)O1. The number of aryl methyl sites for hydroxylation is 1. The highest BCUT2D eigenvalue weighted by molar-refractivity contribution is 7.22. The molecule has 2 N–H and O–H groups in total. The summed E-state index contributed by atoms with van der Waals surface area (Å²) < 4.78 is 17.1. The Hall–Kier alpha value is -2.02. The zero-order valence-electron chi connectivity index (χ0n) is 11.1. The average Bonchev–Trinajstić information content (AvgIpc) is 2.81. The van der Waals surface area contributed by atoms with E-state index < -0.39 is 0 Å². The molecule has 0 saturated heterocycles. The fourth-order valence-electron chi connectivity index (χ4n) is 2.18. The molecule has 0 fully saturated rings. The van der Waals surface area contributed by atoms with Crippen LogP contribution in [0.5, 0.6) is 11.5 Å². The first-order chi connectivity index (χ1) is 9.58. The van der Waals surface area contributed by atoms with Gasteiger partial charge in [0.25, 0.3) is 0 Å². The lowest BCUT2D eigenvalue weighted by Crippen LogP contribution is -2.31. The number of aromatic nitrogens is 1. The Morgan fingerprint density at radius 1 is 1.65 bits per heavy atom. The van der Waals surface area contributed by atoms with E-state index in [2.05, 4.69) is 9.72 Å². The number of rotatable bonds is 2. The highest BCUT2D eigenvalue weighted by Gasteiger charge is 2.27. The molecule has 6 nitrogen and oxygen atoms in total. The summed E-state index contributed by atoms with van der Waals surface area (Å²) in [6, 6.07) is 1.86. The number of thiazole rings is 1. The van der Waals surface area contributed by atoms with Gasteiger partial charge in [-0.25, -0.2) is 4.98 Å². The summed E-state index contributed by atoms with van der Waals surface area (Å²) in [5, 5.41) is 0.497. The Kier molecular flexibility index (Phi) is 3.13. The monoisotopic (exact) mass is 294 g/mol. The smallest absolute Gasteiger partial charge is 0.309 e. The molecular formula is C13H14N2O4S. The first kappa shape index (κ1) is 13.0. The predicted molar refractivity (Wildman–Crippen MR) is 75.3 cm³/mol. The third kappa shape index (κ3) is 2.14. The standard InChI is InChI=1S/C13H14N2O4S/c1-6-3-8-11(12-10(6)15-13(14)20-12)18-5-7(19-8)4-9(16)17-2/h3,7H,4-5H2,1-2H3,(H2,14,15). The van der Waals surface area contributed by atoms with Crippen LogP contribution in [0.25, 0.3) is 10.2 Å². The van der Waals surface area contributed by atoms with Crippen molar-refractivity contribution >= 4 is 32.7 Å². The van der Waals surface area contributed by atoms with E-state index in [0.29, 0.717) is 23.2 Å². The minimum atomic E-state index is -0.336. The Bertz CT molecular complexity index is 683. The van der Waals surface area contributed by atoms with Crippen LogP contribution in [0.1, 0.15) is 12.0 Å². The molecule has 1 unspecified atom stereocenters. The van der Waals surface area contributed by atoms with Crippen LogP contribution in [0.15, 0.2) is 6.07 Å². The van der Waals surface area contributed by atoms with Gasteiger partial charge in [0.15, 0.2) is 16.6 Å². The predicted octanol–water partition coefficient (Wildman–Crippen LogP) is 1.89. The summed E-state index contributed by atoms with van der Waals surface area (Å²) in [5.41, 5.74) is 7.55. The van der Waals surface area contributed by atoms with Crippen LogP contribution in [0, 0.1) is 6.92 Å². The molecule has 2 aromatic rings. The van der Waals surface area contributed by atoms with E-state index in [9.17, 15) is 4.79 Å². The van der Waals surface area contributed by atoms with E-state index >= 15 is 0 Å². The van der Waals surface area contributed by atoms with Crippen molar-refractivity contribution in [2.75, 3.05) is 19.5 Å². The molecule has 7 heteroatoms. The highest BCUT2D eigenvalue weighted by atomic mass is 32.1. The van der Waals surface area contributed by atoms with E-state index in [0.717, 1.165) is 15.8 Å². The molecule has 0 spiro atoms. The Morgan fingerprint density at radius 3 is 3.20 bits per heavy atom. The van der Waals surface area contributed by atoms with Gasteiger partial charge in [0, 0.05) is 0 Å². The molecule has 1 aliphatic rings. The second-order valence-corrected chi connectivity index (χ2v) is 5.61. The summed E-state index contributed by atoms with van der Waals surface area (Å²) in [5.74, 6) is 0.960. The number of ether oxygens (including phenoxy) is 3. The van der Waals surface area contributed by atoms with Gasteiger partial charge in [-0.05, 0) is 18.6 Å². The summed E-state index contributed by atoms with van der Waals surface area (Å²) in [7, 11) is 1.35. The molecule has 3 rings (SSSR count). The number of anilines is 1. The normalized spacial score (nSPS) is 17.2. The lowest BCUT2D eigenvalue weighted by Gasteiger charge is -2.26. The first-order valence-electron chi connectivity index (χ1n) is 6.14. The van der Waals surface area contributed by atoms with Crippen molar-refractivity contribution < 1.29 is 19.0 Å². The summed E-state index contributed by atoms with van der Waals surface area (Å²) in [6.07, 6.45) is -0.172. The number of carbonyl (C=O) groups excluding carboxylic acids is 1. The maximum absolute atomic E-state index is 11.3. The van der Waals surface area contributed by atoms with E-state index in [1.54, 1.807) is 0 Å². The molecule has 1 aromatic heterocycles. The minimum absolute atomic E-state index is 0.165. The molecule has 20 heavy (non-hydrogen) atoms. The number of nitrogens with zero attached hydrogens (tertiary/aromatic N) is 1. The highest BCUT2D eigenvalue weighted by Crippen LogP contribution is 2.44. The van der Waals surface area contributed by atoms with E-state index in [-0.39, 0.29) is 18.5 Å². The topological polar surface area (TPSA) is 83.7 Å². The van der Waals surface area contributed by atoms with Crippen molar-refractivity contribution in [2.24, 2.45) is 0 Å². The van der Waals surface area contributed by atoms with Crippen LogP contribution in [-0.4, -0.2) is 30.8 Å². The molecule has 0 aliphatic carbocycles. The van der Waals surface area contributed by atoms with Gasteiger partial charge in [-0.2, -0.15) is 0 Å². The van der Waals surface area contributed by atoms with Crippen LogP contribution in [-0.2, 0) is 9.53 Å². The summed E-state index contributed by atoms with van der Waals surface area (Å²) in [4.78, 5) is 15.6. The second-order valence-electron chi connectivity index (χ2n) is 4.58. The number of methoxy groups -OCH3 is 1. The number of fused-ring (bicyclic) bond motifs is 3. The molecule has 1 aliphatic heterocycles. The van der Waals surface area contributed by atoms with Gasteiger partial charge in [0.05, 0.1) is 19.0 Å². The minimum Gasteiger partial charge on any atom is -0.484 e. The number of hydrogen-bond donors (Lipinski definition) is 1. The quantitative estimate of drug-likeness (QED) is 0.852. The van der Waals surface area contributed by atoms with Gasteiger partial charge in [-0.3, -0.25) is 4.79 Å². The van der Waals surface area contributed by atoms with Crippen molar-refractivity contribution in [2.45, 2.75) is 19.4 Å². The van der Waals surface area contributed by atoms with Crippen molar-refractivity contribution in [3.05, 3.63) is 11.6 Å². The number of nitrogens with two attached hydrogens (primary N) is 1. The molecular weight excluding hydrogens is 280 g/mol. The van der Waals surface area contributed by atoms with Crippen LogP contribution in [0.4, 0.5) is 5.13 Å².